The van der Waals surface area contributed by atoms with Crippen LogP contribution in [0, 0.1) is 5.82 Å². The van der Waals surface area contributed by atoms with Crippen LogP contribution in [0.2, 0.25) is 0 Å². The third-order valence-corrected chi connectivity index (χ3v) is 4.47. The maximum atomic E-state index is 14.5. The summed E-state index contributed by atoms with van der Waals surface area (Å²) in [6.45, 7) is 8.71. The van der Waals surface area contributed by atoms with Crippen LogP contribution >= 0.6 is 0 Å². The van der Waals surface area contributed by atoms with Crippen molar-refractivity contribution in [1.29, 1.82) is 0 Å². The third kappa shape index (κ3) is 3.74. The molecule has 1 saturated heterocycles. The van der Waals surface area contributed by atoms with E-state index in [4.69, 9.17) is 4.74 Å². The Morgan fingerprint density at radius 1 is 1.48 bits per heavy atom. The van der Waals surface area contributed by atoms with Gasteiger partial charge in [-0.1, -0.05) is 13.0 Å². The highest BCUT2D eigenvalue weighted by molar-refractivity contribution is 5.50. The van der Waals surface area contributed by atoms with Crippen LogP contribution in [0.1, 0.15) is 45.2 Å². The van der Waals surface area contributed by atoms with Crippen LogP contribution in [0.4, 0.5) is 10.1 Å². The van der Waals surface area contributed by atoms with Crippen molar-refractivity contribution in [1.82, 2.24) is 5.32 Å². The number of hydrogen-bond donors (Lipinski definition) is 1. The van der Waals surface area contributed by atoms with Crippen molar-refractivity contribution >= 4 is 5.69 Å². The van der Waals surface area contributed by atoms with E-state index in [0.29, 0.717) is 5.69 Å². The molecule has 1 aromatic carbocycles. The zero-order chi connectivity index (χ0) is 15.5. The number of rotatable bonds is 5. The first-order valence-corrected chi connectivity index (χ1v) is 7.82. The maximum Gasteiger partial charge on any atom is 0.146 e. The summed E-state index contributed by atoms with van der Waals surface area (Å²) in [5.41, 5.74) is 1.50. The zero-order valence-electron chi connectivity index (χ0n) is 13.6. The number of ether oxygens (including phenoxy) is 1. The highest BCUT2D eigenvalue weighted by atomic mass is 19.1. The van der Waals surface area contributed by atoms with Crippen molar-refractivity contribution < 1.29 is 9.13 Å². The molecule has 0 bridgehead atoms. The Kier molecular flexibility index (Phi) is 5.22. The normalized spacial score (nSPS) is 24.1. The van der Waals surface area contributed by atoms with Gasteiger partial charge in [0, 0.05) is 26.2 Å². The minimum atomic E-state index is -0.180. The number of piperidine rings is 1. The number of hydrogen-bond acceptors (Lipinski definition) is 3. The monoisotopic (exact) mass is 294 g/mol. The second-order valence-corrected chi connectivity index (χ2v) is 6.17. The molecule has 2 rings (SSSR count). The second-order valence-electron chi connectivity index (χ2n) is 6.17. The number of methoxy groups -OCH3 is 1. The summed E-state index contributed by atoms with van der Waals surface area (Å²) in [4.78, 5) is 2.10. The maximum absolute atomic E-state index is 14.5. The van der Waals surface area contributed by atoms with Gasteiger partial charge in [0.15, 0.2) is 0 Å². The summed E-state index contributed by atoms with van der Waals surface area (Å²) in [6, 6.07) is 5.75. The molecule has 0 aliphatic carbocycles. The van der Waals surface area contributed by atoms with E-state index in [-0.39, 0.29) is 17.5 Å². The van der Waals surface area contributed by atoms with E-state index in [1.165, 1.54) is 0 Å². The molecule has 1 aromatic rings. The van der Waals surface area contributed by atoms with Gasteiger partial charge in [-0.3, -0.25) is 0 Å². The molecule has 1 aliphatic rings. The summed E-state index contributed by atoms with van der Waals surface area (Å²) < 4.78 is 20.1. The number of halogens is 1. The van der Waals surface area contributed by atoms with Gasteiger partial charge >= 0.3 is 0 Å². The van der Waals surface area contributed by atoms with Crippen LogP contribution in [0.15, 0.2) is 18.2 Å². The summed E-state index contributed by atoms with van der Waals surface area (Å²) in [5.74, 6) is -0.141. The highest BCUT2D eigenvalue weighted by Crippen LogP contribution is 2.30. The standard InChI is InChI=1S/C17H27FN2O/c1-5-19-13(2)14-7-8-16(15(18)11-14)20-10-6-9-17(3,12-20)21-4/h7-8,11,13,19H,5-6,9-10,12H2,1-4H3. The Morgan fingerprint density at radius 3 is 2.86 bits per heavy atom. The summed E-state index contributed by atoms with van der Waals surface area (Å²) >= 11 is 0. The second kappa shape index (κ2) is 6.75. The lowest BCUT2D eigenvalue weighted by atomic mass is 9.94. The van der Waals surface area contributed by atoms with Gasteiger partial charge in [0.25, 0.3) is 0 Å². The largest absolute Gasteiger partial charge is 0.377 e. The van der Waals surface area contributed by atoms with Gasteiger partial charge in [0.1, 0.15) is 5.82 Å². The Labute approximate surface area is 127 Å². The van der Waals surface area contributed by atoms with E-state index in [2.05, 4.69) is 31.0 Å². The average molecular weight is 294 g/mol. The Hall–Kier alpha value is -1.13. The van der Waals surface area contributed by atoms with Crippen LogP contribution in [0.5, 0.6) is 0 Å². The van der Waals surface area contributed by atoms with Crippen molar-refractivity contribution in [2.75, 3.05) is 31.6 Å². The van der Waals surface area contributed by atoms with E-state index in [9.17, 15) is 4.39 Å². The fourth-order valence-electron chi connectivity index (χ4n) is 3.05. The predicted molar refractivity (Wildman–Crippen MR) is 85.4 cm³/mol. The minimum Gasteiger partial charge on any atom is -0.377 e. The first kappa shape index (κ1) is 16.2. The zero-order valence-corrected chi connectivity index (χ0v) is 13.6. The van der Waals surface area contributed by atoms with Gasteiger partial charge in [0.05, 0.1) is 11.3 Å². The van der Waals surface area contributed by atoms with Crippen LogP contribution in [0.25, 0.3) is 0 Å². The minimum absolute atomic E-state index is 0.141. The summed E-state index contributed by atoms with van der Waals surface area (Å²) in [6.07, 6.45) is 2.05. The van der Waals surface area contributed by atoms with E-state index in [1.54, 1.807) is 13.2 Å². The topological polar surface area (TPSA) is 24.5 Å². The smallest absolute Gasteiger partial charge is 0.146 e. The molecule has 4 heteroatoms. The molecule has 0 amide bonds. The molecule has 118 valence electrons. The summed E-state index contributed by atoms with van der Waals surface area (Å²) in [5, 5.41) is 3.31. The molecular weight excluding hydrogens is 267 g/mol. The molecule has 1 aliphatic heterocycles. The molecule has 0 saturated carbocycles. The van der Waals surface area contributed by atoms with Crippen molar-refractivity contribution in [3.05, 3.63) is 29.6 Å². The molecule has 3 nitrogen and oxygen atoms in total. The molecule has 21 heavy (non-hydrogen) atoms. The molecule has 2 unspecified atom stereocenters. The molecule has 0 aromatic heterocycles. The number of anilines is 1. The van der Waals surface area contributed by atoms with Gasteiger partial charge < -0.3 is 15.0 Å². The van der Waals surface area contributed by atoms with Crippen LogP contribution < -0.4 is 10.2 Å². The fourth-order valence-corrected chi connectivity index (χ4v) is 3.05. The lowest BCUT2D eigenvalue weighted by Crippen LogP contribution is -2.47. The Morgan fingerprint density at radius 2 is 2.24 bits per heavy atom. The number of nitrogens with zero attached hydrogens (tertiary/aromatic N) is 1. The van der Waals surface area contributed by atoms with Crippen molar-refractivity contribution in [2.24, 2.45) is 0 Å². The Bertz CT molecular complexity index is 480. The van der Waals surface area contributed by atoms with Crippen molar-refractivity contribution in [3.63, 3.8) is 0 Å². The van der Waals surface area contributed by atoms with E-state index < -0.39 is 0 Å². The van der Waals surface area contributed by atoms with E-state index >= 15 is 0 Å². The van der Waals surface area contributed by atoms with Crippen molar-refractivity contribution in [2.45, 2.75) is 45.3 Å². The average Bonchev–Trinajstić information content (AvgIpc) is 2.47. The Balaban J connectivity index is 2.17. The van der Waals surface area contributed by atoms with Gasteiger partial charge in [0.2, 0.25) is 0 Å². The van der Waals surface area contributed by atoms with Crippen LogP contribution in [-0.2, 0) is 4.74 Å². The lowest BCUT2D eigenvalue weighted by Gasteiger charge is -2.40. The first-order valence-electron chi connectivity index (χ1n) is 7.82. The van der Waals surface area contributed by atoms with Gasteiger partial charge in [-0.15, -0.1) is 0 Å². The fraction of sp³-hybridized carbons (Fsp3) is 0.647. The number of benzene rings is 1. The SMILES string of the molecule is CCNC(C)c1ccc(N2CCCC(C)(OC)C2)c(F)c1. The molecule has 0 radical (unpaired) electrons. The van der Waals surface area contributed by atoms with Crippen LogP contribution in [0.3, 0.4) is 0 Å². The van der Waals surface area contributed by atoms with Crippen LogP contribution in [-0.4, -0.2) is 32.3 Å². The van der Waals surface area contributed by atoms with Gasteiger partial charge in [-0.2, -0.15) is 0 Å². The van der Waals surface area contributed by atoms with Gasteiger partial charge in [-0.25, -0.2) is 4.39 Å². The van der Waals surface area contributed by atoms with Crippen molar-refractivity contribution in [3.8, 4) is 0 Å². The van der Waals surface area contributed by atoms with Gasteiger partial charge in [-0.05, 0) is 50.9 Å². The molecular formula is C17H27FN2O. The summed E-state index contributed by atoms with van der Waals surface area (Å²) in [7, 11) is 1.74. The molecule has 1 fully saturated rings. The molecule has 1 heterocycles. The molecule has 0 spiro atoms. The molecule has 2 atom stereocenters. The van der Waals surface area contributed by atoms with E-state index in [1.807, 2.05) is 12.1 Å². The van der Waals surface area contributed by atoms with E-state index in [0.717, 1.165) is 38.0 Å². The predicted octanol–water partition coefficient (Wildman–Crippen LogP) is 3.50. The molecule has 1 N–H and O–H groups in total. The highest BCUT2D eigenvalue weighted by Gasteiger charge is 2.31. The number of nitrogens with one attached hydrogen (secondary N) is 1. The lowest BCUT2D eigenvalue weighted by molar-refractivity contribution is -0.00477. The quantitative estimate of drug-likeness (QED) is 0.899. The first-order chi connectivity index (χ1) is 9.99. The third-order valence-electron chi connectivity index (χ3n) is 4.47.